The minimum Gasteiger partial charge on any atom is -0.459 e. The van der Waals surface area contributed by atoms with Gasteiger partial charge in [0.25, 0.3) is 11.8 Å². The van der Waals surface area contributed by atoms with Crippen LogP contribution in [-0.4, -0.2) is 71.2 Å². The number of hydrogen-bond donors (Lipinski definition) is 1. The number of rotatable bonds is 8. The summed E-state index contributed by atoms with van der Waals surface area (Å²) >= 11 is 0. The Morgan fingerprint density at radius 3 is 2.49 bits per heavy atom. The summed E-state index contributed by atoms with van der Waals surface area (Å²) in [5.41, 5.74) is 2.52. The van der Waals surface area contributed by atoms with Crippen LogP contribution in [0.2, 0.25) is 0 Å². The number of furan rings is 1. The maximum Gasteiger partial charge on any atom is 0.291 e. The standard InChI is InChI=1S/C33H32N4O6S2/c1-25-13-17-43-31(25)33(39)35-29-8-5-7-26(22-29)11-12-27-21-28(24-34-23-27)32(38)36-45(42,30-9-3-2-4-10-30)18-6-14-37-15-19-44(40,41)20-16-37/h2-5,7-10,13,17,21-24H,6,14-16,18-20H2,1H3,(H,35,39). The van der Waals surface area contributed by atoms with Gasteiger partial charge < -0.3 is 14.6 Å². The van der Waals surface area contributed by atoms with Crippen LogP contribution in [0.4, 0.5) is 5.69 Å². The number of hydrogen-bond acceptors (Lipinski definition) is 8. The fraction of sp³-hybridized carbons (Fsp3) is 0.242. The van der Waals surface area contributed by atoms with Gasteiger partial charge in [-0.3, -0.25) is 14.6 Å². The molecule has 5 rings (SSSR count). The largest absolute Gasteiger partial charge is 0.459 e. The van der Waals surface area contributed by atoms with Crippen molar-refractivity contribution in [1.82, 2.24) is 9.88 Å². The summed E-state index contributed by atoms with van der Waals surface area (Å²) in [4.78, 5) is 32.4. The van der Waals surface area contributed by atoms with Gasteiger partial charge in [-0.2, -0.15) is 4.36 Å². The zero-order chi connectivity index (χ0) is 31.9. The molecule has 12 heteroatoms. The molecule has 1 unspecified atom stereocenters. The number of aromatic nitrogens is 1. The number of nitrogens with one attached hydrogen (secondary N) is 1. The lowest BCUT2D eigenvalue weighted by Gasteiger charge is -2.26. The number of benzene rings is 2. The van der Waals surface area contributed by atoms with Gasteiger partial charge in [0.15, 0.2) is 15.6 Å². The van der Waals surface area contributed by atoms with Gasteiger partial charge in [-0.05, 0) is 62.4 Å². The first-order chi connectivity index (χ1) is 21.6. The highest BCUT2D eigenvalue weighted by Crippen LogP contribution is 2.18. The summed E-state index contributed by atoms with van der Waals surface area (Å²) in [5, 5.41) is 2.80. The molecule has 232 valence electrons. The van der Waals surface area contributed by atoms with Gasteiger partial charge in [0.1, 0.15) is 0 Å². The van der Waals surface area contributed by atoms with Crippen LogP contribution in [-0.2, 0) is 19.6 Å². The monoisotopic (exact) mass is 644 g/mol. The molecule has 45 heavy (non-hydrogen) atoms. The lowest BCUT2D eigenvalue weighted by atomic mass is 10.1. The zero-order valence-corrected chi connectivity index (χ0v) is 26.3. The average molecular weight is 645 g/mol. The third-order valence-electron chi connectivity index (χ3n) is 7.20. The molecule has 1 fully saturated rings. The Morgan fingerprint density at radius 1 is 1.00 bits per heavy atom. The molecule has 0 radical (unpaired) electrons. The van der Waals surface area contributed by atoms with Gasteiger partial charge in [0, 0.05) is 58.5 Å². The highest BCUT2D eigenvalue weighted by atomic mass is 32.2. The van der Waals surface area contributed by atoms with Crippen LogP contribution in [0.1, 0.15) is 44.0 Å². The van der Waals surface area contributed by atoms with E-state index in [2.05, 4.69) is 26.5 Å². The van der Waals surface area contributed by atoms with E-state index in [1.807, 2.05) is 4.90 Å². The summed E-state index contributed by atoms with van der Waals surface area (Å²) in [6.07, 6.45) is 4.82. The van der Waals surface area contributed by atoms with Crippen LogP contribution in [0, 0.1) is 18.8 Å². The molecule has 4 aromatic rings. The normalized spacial score (nSPS) is 15.7. The highest BCUT2D eigenvalue weighted by Gasteiger charge is 2.22. The van der Waals surface area contributed by atoms with E-state index in [9.17, 15) is 22.2 Å². The maximum absolute atomic E-state index is 14.1. The number of pyridine rings is 1. The first-order valence-electron chi connectivity index (χ1n) is 14.3. The van der Waals surface area contributed by atoms with E-state index in [0.29, 0.717) is 47.8 Å². The zero-order valence-electron chi connectivity index (χ0n) is 24.6. The first-order valence-corrected chi connectivity index (χ1v) is 17.8. The summed E-state index contributed by atoms with van der Waals surface area (Å²) in [6.45, 7) is 3.22. The van der Waals surface area contributed by atoms with Gasteiger partial charge in [-0.1, -0.05) is 36.1 Å². The molecule has 1 atom stereocenters. The second-order valence-corrected chi connectivity index (χ2v) is 15.2. The smallest absolute Gasteiger partial charge is 0.291 e. The maximum atomic E-state index is 14.1. The van der Waals surface area contributed by atoms with Crippen molar-refractivity contribution in [3.05, 3.63) is 113 Å². The van der Waals surface area contributed by atoms with Crippen molar-refractivity contribution in [2.24, 2.45) is 4.36 Å². The molecule has 0 saturated carbocycles. The fourth-order valence-electron chi connectivity index (χ4n) is 4.73. The van der Waals surface area contributed by atoms with Crippen molar-refractivity contribution >= 4 is 37.1 Å². The van der Waals surface area contributed by atoms with Crippen LogP contribution in [0.5, 0.6) is 0 Å². The van der Waals surface area contributed by atoms with Gasteiger partial charge in [0.05, 0.1) is 33.1 Å². The minimum atomic E-state index is -3.12. The molecule has 0 aliphatic carbocycles. The number of carbonyl (C=O) groups excluding carboxylic acids is 2. The van der Waals surface area contributed by atoms with E-state index in [4.69, 9.17) is 4.42 Å². The van der Waals surface area contributed by atoms with Crippen LogP contribution < -0.4 is 5.32 Å². The second-order valence-electron chi connectivity index (χ2n) is 10.6. The van der Waals surface area contributed by atoms with Crippen LogP contribution in [0.15, 0.2) is 99.1 Å². The topological polar surface area (TPSA) is 139 Å². The molecule has 10 nitrogen and oxygen atoms in total. The summed E-state index contributed by atoms with van der Waals surface area (Å²) < 4.78 is 47.1. The number of sulfone groups is 1. The number of aryl methyl sites for hydroxylation is 1. The summed E-state index contributed by atoms with van der Waals surface area (Å²) in [6, 6.07) is 19.0. The second kappa shape index (κ2) is 14.0. The van der Waals surface area contributed by atoms with Crippen LogP contribution in [0.25, 0.3) is 0 Å². The van der Waals surface area contributed by atoms with E-state index in [0.717, 1.165) is 5.56 Å². The Morgan fingerprint density at radius 2 is 1.76 bits per heavy atom. The lowest BCUT2D eigenvalue weighted by molar-refractivity contribution is 0.0991. The van der Waals surface area contributed by atoms with E-state index in [1.165, 1.54) is 18.7 Å². The van der Waals surface area contributed by atoms with Gasteiger partial charge in [-0.25, -0.2) is 12.6 Å². The number of carbonyl (C=O) groups is 2. The van der Waals surface area contributed by atoms with E-state index >= 15 is 0 Å². The average Bonchev–Trinajstić information content (AvgIpc) is 3.47. The molecular weight excluding hydrogens is 613 g/mol. The van der Waals surface area contributed by atoms with Gasteiger partial charge in [-0.15, -0.1) is 0 Å². The number of amides is 2. The fourth-order valence-corrected chi connectivity index (χ4v) is 7.92. The molecule has 1 aliphatic heterocycles. The Bertz CT molecular complexity index is 1990. The Kier molecular flexibility index (Phi) is 9.93. The predicted molar refractivity (Wildman–Crippen MR) is 172 cm³/mol. The molecule has 2 amide bonds. The Hall–Kier alpha value is -4.57. The van der Waals surface area contributed by atoms with Crippen molar-refractivity contribution in [3.8, 4) is 11.8 Å². The van der Waals surface area contributed by atoms with Gasteiger partial charge >= 0.3 is 0 Å². The van der Waals surface area contributed by atoms with Crippen molar-refractivity contribution in [1.29, 1.82) is 0 Å². The predicted octanol–water partition coefficient (Wildman–Crippen LogP) is 4.42. The van der Waals surface area contributed by atoms with Crippen molar-refractivity contribution in [2.45, 2.75) is 18.2 Å². The van der Waals surface area contributed by atoms with Crippen molar-refractivity contribution in [3.63, 3.8) is 0 Å². The van der Waals surface area contributed by atoms with E-state index in [1.54, 1.807) is 73.7 Å². The van der Waals surface area contributed by atoms with Crippen LogP contribution >= 0.6 is 0 Å². The number of anilines is 1. The molecule has 0 spiro atoms. The molecular formula is C33H32N4O6S2. The molecule has 0 bridgehead atoms. The molecule has 1 N–H and O–H groups in total. The third kappa shape index (κ3) is 8.54. The Balaban J connectivity index is 1.31. The minimum absolute atomic E-state index is 0.115. The SMILES string of the molecule is Cc1ccoc1C(=O)Nc1cccc(C#Cc2cncc(C(=O)N=S(=O)(CCCN3CCS(=O)(=O)CC3)c3ccccc3)c2)c1. The Labute approximate surface area is 263 Å². The van der Waals surface area contributed by atoms with Crippen LogP contribution in [0.3, 0.4) is 0 Å². The molecule has 1 saturated heterocycles. The van der Waals surface area contributed by atoms with Crippen molar-refractivity contribution < 1.29 is 26.6 Å². The van der Waals surface area contributed by atoms with E-state index in [-0.39, 0.29) is 34.5 Å². The summed E-state index contributed by atoms with van der Waals surface area (Å²) in [7, 11) is -6.11. The highest BCUT2D eigenvalue weighted by molar-refractivity contribution is 7.94. The quantitative estimate of drug-likeness (QED) is 0.278. The number of nitrogens with zero attached hydrogens (tertiary/aromatic N) is 3. The van der Waals surface area contributed by atoms with E-state index < -0.39 is 25.5 Å². The molecule has 3 heterocycles. The summed E-state index contributed by atoms with van der Waals surface area (Å²) in [5.74, 6) is 5.59. The molecule has 2 aromatic carbocycles. The lowest BCUT2D eigenvalue weighted by Crippen LogP contribution is -2.41. The first kappa shape index (κ1) is 31.8. The third-order valence-corrected chi connectivity index (χ3v) is 11.1. The van der Waals surface area contributed by atoms with Gasteiger partial charge in [0.2, 0.25) is 0 Å². The van der Waals surface area contributed by atoms with Crippen molar-refractivity contribution in [2.75, 3.05) is 42.2 Å². The molecule has 1 aliphatic rings. The molecule has 2 aromatic heterocycles.